The molecule has 0 saturated carbocycles. The first-order valence-corrected chi connectivity index (χ1v) is 11.7. The van der Waals surface area contributed by atoms with Crippen LogP contribution in [0.2, 0.25) is 0 Å². The highest BCUT2D eigenvalue weighted by Crippen LogP contribution is 2.45. The van der Waals surface area contributed by atoms with Gasteiger partial charge in [0, 0.05) is 10.8 Å². The minimum absolute atomic E-state index is 0.111. The van der Waals surface area contributed by atoms with E-state index in [1.54, 1.807) is 0 Å². The standard InChI is InChI=1S/C29H43N2/c1-18-13-20(3)24(21(4)14-18)30-17-31(25-22(5)15-19(2)16-23(25)6)27(29(10,11)12)26(30)28(7,8)9/h13-17,26-27H,1-12H3/q+1/t26-,27-/m0/s1. The zero-order chi connectivity index (χ0) is 23.5. The van der Waals surface area contributed by atoms with Crippen LogP contribution in [0, 0.1) is 52.4 Å². The fraction of sp³-hybridized carbons (Fsp3) is 0.552. The van der Waals surface area contributed by atoms with Crippen LogP contribution < -0.4 is 4.90 Å². The Hall–Kier alpha value is -2.09. The highest BCUT2D eigenvalue weighted by Gasteiger charge is 2.55. The predicted octanol–water partition coefficient (Wildman–Crippen LogP) is 7.56. The molecule has 0 amide bonds. The van der Waals surface area contributed by atoms with Gasteiger partial charge in [0.1, 0.15) is 23.5 Å². The third kappa shape index (κ3) is 4.31. The Morgan fingerprint density at radius 1 is 0.645 bits per heavy atom. The first-order chi connectivity index (χ1) is 14.1. The summed E-state index contributed by atoms with van der Waals surface area (Å²) in [5.74, 6) is 0. The zero-order valence-electron chi connectivity index (χ0n) is 21.9. The normalized spacial score (nSPS) is 19.7. The molecule has 2 aromatic carbocycles. The fourth-order valence-corrected chi connectivity index (χ4v) is 5.92. The van der Waals surface area contributed by atoms with Gasteiger partial charge in [-0.1, -0.05) is 76.9 Å². The van der Waals surface area contributed by atoms with Crippen molar-refractivity contribution in [2.24, 2.45) is 10.8 Å². The molecule has 0 bridgehead atoms. The third-order valence-corrected chi connectivity index (χ3v) is 6.71. The van der Waals surface area contributed by atoms with Gasteiger partial charge in [-0.3, -0.25) is 0 Å². The van der Waals surface area contributed by atoms with E-state index in [9.17, 15) is 0 Å². The molecule has 2 aromatic rings. The van der Waals surface area contributed by atoms with Crippen LogP contribution in [0.5, 0.6) is 0 Å². The van der Waals surface area contributed by atoms with Crippen molar-refractivity contribution in [3.05, 3.63) is 57.6 Å². The molecule has 1 heterocycles. The quantitative estimate of drug-likeness (QED) is 0.455. The molecule has 0 fully saturated rings. The number of hydrogen-bond acceptors (Lipinski definition) is 1. The summed E-state index contributed by atoms with van der Waals surface area (Å²) in [4.78, 5) is 2.60. The molecule has 0 aromatic heterocycles. The maximum atomic E-state index is 2.60. The SMILES string of the molecule is Cc1cc(C)c(N2C=[N+](c3c(C)cc(C)cc3C)[C@H](C(C)(C)C)[C@H]2C(C)(C)C)c(C)c1. The largest absolute Gasteiger partial charge is 0.245 e. The smallest absolute Gasteiger partial charge is 0.226 e. The Bertz CT molecular complexity index is 982. The van der Waals surface area contributed by atoms with E-state index in [0.717, 1.165) is 0 Å². The van der Waals surface area contributed by atoms with Crippen LogP contribution in [-0.4, -0.2) is 23.0 Å². The van der Waals surface area contributed by atoms with Crippen molar-refractivity contribution in [1.29, 1.82) is 0 Å². The van der Waals surface area contributed by atoms with Gasteiger partial charge in [-0.15, -0.1) is 0 Å². The second-order valence-corrected chi connectivity index (χ2v) is 12.0. The summed E-state index contributed by atoms with van der Waals surface area (Å²) in [6.07, 6.45) is 2.42. The van der Waals surface area contributed by atoms with Gasteiger partial charge in [-0.2, -0.15) is 0 Å². The molecule has 2 heteroatoms. The predicted molar refractivity (Wildman–Crippen MR) is 136 cm³/mol. The molecular formula is C29H43N2+. The first-order valence-electron chi connectivity index (χ1n) is 11.7. The molecule has 1 aliphatic heterocycles. The second kappa shape index (κ2) is 7.80. The highest BCUT2D eigenvalue weighted by molar-refractivity contribution is 5.83. The summed E-state index contributed by atoms with van der Waals surface area (Å²) in [5, 5.41) is 0. The van der Waals surface area contributed by atoms with Gasteiger partial charge in [0.05, 0.1) is 0 Å². The number of anilines is 1. The Labute approximate surface area is 191 Å². The molecule has 168 valence electrons. The Kier molecular flexibility index (Phi) is 5.93. The van der Waals surface area contributed by atoms with Crippen molar-refractivity contribution in [2.75, 3.05) is 4.90 Å². The summed E-state index contributed by atoms with van der Waals surface area (Å²) >= 11 is 0. The topological polar surface area (TPSA) is 6.25 Å². The summed E-state index contributed by atoms with van der Waals surface area (Å²) in [6.45, 7) is 27.8. The Morgan fingerprint density at radius 3 is 1.45 bits per heavy atom. The lowest BCUT2D eigenvalue weighted by Crippen LogP contribution is -2.53. The van der Waals surface area contributed by atoms with Crippen LogP contribution in [0.3, 0.4) is 0 Å². The lowest BCUT2D eigenvalue weighted by molar-refractivity contribution is -0.496. The van der Waals surface area contributed by atoms with E-state index in [1.807, 2.05) is 0 Å². The van der Waals surface area contributed by atoms with Crippen LogP contribution in [0.4, 0.5) is 11.4 Å². The van der Waals surface area contributed by atoms with Crippen LogP contribution >= 0.6 is 0 Å². The fourth-order valence-electron chi connectivity index (χ4n) is 5.92. The second-order valence-electron chi connectivity index (χ2n) is 12.0. The van der Waals surface area contributed by atoms with E-state index in [-0.39, 0.29) is 10.8 Å². The molecular weight excluding hydrogens is 376 g/mol. The van der Waals surface area contributed by atoms with Gasteiger partial charge in [0.2, 0.25) is 6.34 Å². The lowest BCUT2D eigenvalue weighted by atomic mass is 9.72. The Balaban J connectivity index is 2.36. The maximum absolute atomic E-state index is 2.60. The number of aryl methyl sites for hydroxylation is 6. The van der Waals surface area contributed by atoms with Crippen LogP contribution in [0.1, 0.15) is 74.9 Å². The van der Waals surface area contributed by atoms with Crippen LogP contribution in [0.25, 0.3) is 0 Å². The molecule has 31 heavy (non-hydrogen) atoms. The average molecular weight is 420 g/mol. The van der Waals surface area contributed by atoms with Crippen molar-refractivity contribution in [2.45, 2.75) is 95.2 Å². The van der Waals surface area contributed by atoms with Crippen molar-refractivity contribution in [3.8, 4) is 0 Å². The third-order valence-electron chi connectivity index (χ3n) is 6.71. The molecule has 0 N–H and O–H groups in total. The van der Waals surface area contributed by atoms with Crippen LogP contribution in [-0.2, 0) is 0 Å². The van der Waals surface area contributed by atoms with E-state index in [0.29, 0.717) is 12.1 Å². The van der Waals surface area contributed by atoms with E-state index >= 15 is 0 Å². The van der Waals surface area contributed by atoms with Gasteiger partial charge in [0.15, 0.2) is 0 Å². The number of benzene rings is 2. The number of hydrogen-bond donors (Lipinski definition) is 0. The summed E-state index contributed by atoms with van der Waals surface area (Å²) in [6, 6.07) is 10.0. The average Bonchev–Trinajstić information content (AvgIpc) is 2.93. The van der Waals surface area contributed by atoms with Crippen molar-refractivity contribution >= 4 is 17.7 Å². The molecule has 0 unspecified atom stereocenters. The number of rotatable bonds is 2. The van der Waals surface area contributed by atoms with Gasteiger partial charge in [-0.25, -0.2) is 9.48 Å². The van der Waals surface area contributed by atoms with E-state index in [2.05, 4.69) is 123 Å². The summed E-state index contributed by atoms with van der Waals surface area (Å²) < 4.78 is 2.60. The van der Waals surface area contributed by atoms with Gasteiger partial charge in [0.25, 0.3) is 0 Å². The van der Waals surface area contributed by atoms with Gasteiger partial charge in [-0.05, 0) is 63.8 Å². The Morgan fingerprint density at radius 2 is 1.06 bits per heavy atom. The van der Waals surface area contributed by atoms with Crippen LogP contribution in [0.15, 0.2) is 24.3 Å². The molecule has 2 nitrogen and oxygen atoms in total. The van der Waals surface area contributed by atoms with Crippen molar-refractivity contribution in [3.63, 3.8) is 0 Å². The zero-order valence-corrected chi connectivity index (χ0v) is 21.9. The summed E-state index contributed by atoms with van der Waals surface area (Å²) in [7, 11) is 0. The lowest BCUT2D eigenvalue weighted by Gasteiger charge is -2.39. The highest BCUT2D eigenvalue weighted by atomic mass is 15.3. The van der Waals surface area contributed by atoms with Gasteiger partial charge >= 0.3 is 0 Å². The maximum Gasteiger partial charge on any atom is 0.245 e. The molecule has 0 saturated heterocycles. The van der Waals surface area contributed by atoms with Gasteiger partial charge < -0.3 is 0 Å². The minimum Gasteiger partial charge on any atom is -0.226 e. The molecule has 1 aliphatic rings. The molecule has 3 rings (SSSR count). The molecule has 2 atom stereocenters. The van der Waals surface area contributed by atoms with E-state index < -0.39 is 0 Å². The molecule has 0 radical (unpaired) electrons. The number of nitrogens with zero attached hydrogens (tertiary/aromatic N) is 2. The molecule has 0 spiro atoms. The van der Waals surface area contributed by atoms with Crippen molar-refractivity contribution in [1.82, 2.24) is 0 Å². The van der Waals surface area contributed by atoms with E-state index in [1.165, 1.54) is 44.8 Å². The monoisotopic (exact) mass is 419 g/mol. The van der Waals surface area contributed by atoms with Crippen molar-refractivity contribution < 1.29 is 4.58 Å². The first kappa shape index (κ1) is 23.6. The minimum atomic E-state index is 0.111. The van der Waals surface area contributed by atoms with E-state index in [4.69, 9.17) is 0 Å². The molecule has 0 aliphatic carbocycles. The summed E-state index contributed by atoms with van der Waals surface area (Å²) in [5.41, 5.74) is 11.0.